The molecular formula is C18H20N2O. The Bertz CT molecular complexity index is 592. The molecule has 1 N–H and O–H groups in total. The van der Waals surface area contributed by atoms with Gasteiger partial charge in [-0.3, -0.25) is 9.69 Å². The van der Waals surface area contributed by atoms with Crippen molar-refractivity contribution in [2.24, 2.45) is 0 Å². The SMILES string of the molecule is O=C1CCN(Cc2ccc(-c3ccccc3)cc2)CCN1. The van der Waals surface area contributed by atoms with Crippen molar-refractivity contribution in [2.75, 3.05) is 19.6 Å². The maximum atomic E-state index is 11.3. The van der Waals surface area contributed by atoms with Gasteiger partial charge in [0, 0.05) is 32.6 Å². The van der Waals surface area contributed by atoms with E-state index >= 15 is 0 Å². The molecule has 0 saturated carbocycles. The lowest BCUT2D eigenvalue weighted by Crippen LogP contribution is -2.28. The van der Waals surface area contributed by atoms with Crippen LogP contribution >= 0.6 is 0 Å². The molecule has 108 valence electrons. The Labute approximate surface area is 125 Å². The first-order chi connectivity index (χ1) is 10.3. The zero-order chi connectivity index (χ0) is 14.5. The standard InChI is InChI=1S/C18H20N2O/c21-18-10-12-20(13-11-19-18)14-15-6-8-17(9-7-15)16-4-2-1-3-5-16/h1-9H,10-14H2,(H,19,21). The highest BCUT2D eigenvalue weighted by molar-refractivity contribution is 5.76. The lowest BCUT2D eigenvalue weighted by Gasteiger charge is -2.19. The van der Waals surface area contributed by atoms with Gasteiger partial charge in [-0.25, -0.2) is 0 Å². The quantitative estimate of drug-likeness (QED) is 0.937. The molecule has 0 atom stereocenters. The van der Waals surface area contributed by atoms with Crippen LogP contribution in [0.3, 0.4) is 0 Å². The van der Waals surface area contributed by atoms with Gasteiger partial charge in [-0.2, -0.15) is 0 Å². The second-order valence-corrected chi connectivity index (χ2v) is 5.44. The summed E-state index contributed by atoms with van der Waals surface area (Å²) in [5, 5.41) is 2.91. The number of carbonyl (C=O) groups is 1. The fraction of sp³-hybridized carbons (Fsp3) is 0.278. The van der Waals surface area contributed by atoms with Crippen LogP contribution in [0, 0.1) is 0 Å². The summed E-state index contributed by atoms with van der Waals surface area (Å²) in [6, 6.07) is 19.1. The van der Waals surface area contributed by atoms with E-state index in [1.807, 2.05) is 6.07 Å². The van der Waals surface area contributed by atoms with Gasteiger partial charge < -0.3 is 5.32 Å². The first-order valence-corrected chi connectivity index (χ1v) is 7.45. The Morgan fingerprint density at radius 1 is 0.905 bits per heavy atom. The van der Waals surface area contributed by atoms with Gasteiger partial charge in [0.05, 0.1) is 0 Å². The molecule has 0 unspecified atom stereocenters. The van der Waals surface area contributed by atoms with Crippen LogP contribution in [0.25, 0.3) is 11.1 Å². The van der Waals surface area contributed by atoms with Crippen molar-refractivity contribution in [2.45, 2.75) is 13.0 Å². The van der Waals surface area contributed by atoms with Gasteiger partial charge in [0.2, 0.25) is 5.91 Å². The van der Waals surface area contributed by atoms with E-state index in [1.165, 1.54) is 16.7 Å². The molecular weight excluding hydrogens is 260 g/mol. The second-order valence-electron chi connectivity index (χ2n) is 5.44. The highest BCUT2D eigenvalue weighted by Crippen LogP contribution is 2.19. The van der Waals surface area contributed by atoms with Crippen molar-refractivity contribution in [3.05, 3.63) is 60.2 Å². The van der Waals surface area contributed by atoms with E-state index in [0.29, 0.717) is 6.42 Å². The fourth-order valence-corrected chi connectivity index (χ4v) is 2.66. The number of amides is 1. The molecule has 0 spiro atoms. The van der Waals surface area contributed by atoms with Gasteiger partial charge in [0.15, 0.2) is 0 Å². The minimum Gasteiger partial charge on any atom is -0.355 e. The topological polar surface area (TPSA) is 32.3 Å². The third kappa shape index (κ3) is 3.70. The van der Waals surface area contributed by atoms with Crippen LogP contribution in [0.4, 0.5) is 0 Å². The molecule has 0 aliphatic carbocycles. The summed E-state index contributed by atoms with van der Waals surface area (Å²) in [6.07, 6.45) is 0.599. The molecule has 0 aromatic heterocycles. The van der Waals surface area contributed by atoms with Crippen molar-refractivity contribution in [3.8, 4) is 11.1 Å². The monoisotopic (exact) mass is 280 g/mol. The molecule has 2 aromatic rings. The number of carbonyl (C=O) groups excluding carboxylic acids is 1. The summed E-state index contributed by atoms with van der Waals surface area (Å²) in [5.41, 5.74) is 3.78. The molecule has 0 bridgehead atoms. The van der Waals surface area contributed by atoms with E-state index in [4.69, 9.17) is 0 Å². The van der Waals surface area contributed by atoms with E-state index in [-0.39, 0.29) is 5.91 Å². The average Bonchev–Trinajstić information content (AvgIpc) is 2.74. The highest BCUT2D eigenvalue weighted by Gasteiger charge is 2.13. The molecule has 21 heavy (non-hydrogen) atoms. The van der Waals surface area contributed by atoms with Crippen LogP contribution in [0.2, 0.25) is 0 Å². The van der Waals surface area contributed by atoms with Gasteiger partial charge in [-0.1, -0.05) is 54.6 Å². The number of nitrogens with one attached hydrogen (secondary N) is 1. The van der Waals surface area contributed by atoms with Gasteiger partial charge >= 0.3 is 0 Å². The molecule has 3 heteroatoms. The minimum atomic E-state index is 0.164. The van der Waals surface area contributed by atoms with E-state index in [0.717, 1.165) is 26.2 Å². The Kier molecular flexibility index (Phi) is 4.31. The minimum absolute atomic E-state index is 0.164. The zero-order valence-corrected chi connectivity index (χ0v) is 12.1. The first-order valence-electron chi connectivity index (χ1n) is 7.45. The molecule has 1 aliphatic heterocycles. The summed E-state index contributed by atoms with van der Waals surface area (Å²) in [7, 11) is 0. The third-order valence-corrected chi connectivity index (χ3v) is 3.87. The normalized spacial score (nSPS) is 16.3. The van der Waals surface area contributed by atoms with Crippen molar-refractivity contribution < 1.29 is 4.79 Å². The van der Waals surface area contributed by atoms with Gasteiger partial charge in [-0.05, 0) is 16.7 Å². The first kappa shape index (κ1) is 13.8. The largest absolute Gasteiger partial charge is 0.355 e. The van der Waals surface area contributed by atoms with Crippen molar-refractivity contribution >= 4 is 5.91 Å². The summed E-state index contributed by atoms with van der Waals surface area (Å²) >= 11 is 0. The number of hydrogen-bond donors (Lipinski definition) is 1. The molecule has 1 saturated heterocycles. The Hall–Kier alpha value is -2.13. The molecule has 0 radical (unpaired) electrons. The zero-order valence-electron chi connectivity index (χ0n) is 12.1. The predicted molar refractivity (Wildman–Crippen MR) is 84.8 cm³/mol. The third-order valence-electron chi connectivity index (χ3n) is 3.87. The van der Waals surface area contributed by atoms with E-state index < -0.39 is 0 Å². The van der Waals surface area contributed by atoms with Gasteiger partial charge in [-0.15, -0.1) is 0 Å². The van der Waals surface area contributed by atoms with E-state index in [2.05, 4.69) is 58.7 Å². The second kappa shape index (κ2) is 6.55. The average molecular weight is 280 g/mol. The van der Waals surface area contributed by atoms with Crippen LogP contribution in [0.5, 0.6) is 0 Å². The van der Waals surface area contributed by atoms with Crippen LogP contribution in [-0.4, -0.2) is 30.4 Å². The molecule has 1 fully saturated rings. The highest BCUT2D eigenvalue weighted by atomic mass is 16.1. The van der Waals surface area contributed by atoms with Crippen LogP contribution in [0.15, 0.2) is 54.6 Å². The van der Waals surface area contributed by atoms with E-state index in [9.17, 15) is 4.79 Å². The summed E-state index contributed by atoms with van der Waals surface area (Å²) in [4.78, 5) is 13.7. The van der Waals surface area contributed by atoms with E-state index in [1.54, 1.807) is 0 Å². The molecule has 2 aromatic carbocycles. The summed E-state index contributed by atoms with van der Waals surface area (Å²) in [5.74, 6) is 0.164. The molecule has 1 heterocycles. The lowest BCUT2D eigenvalue weighted by atomic mass is 10.0. The molecule has 3 rings (SSSR count). The summed E-state index contributed by atoms with van der Waals surface area (Å²) in [6.45, 7) is 3.42. The number of hydrogen-bond acceptors (Lipinski definition) is 2. The molecule has 1 aliphatic rings. The Morgan fingerprint density at radius 2 is 1.62 bits per heavy atom. The Morgan fingerprint density at radius 3 is 2.38 bits per heavy atom. The fourth-order valence-electron chi connectivity index (χ4n) is 2.66. The number of nitrogens with zero attached hydrogens (tertiary/aromatic N) is 1. The number of benzene rings is 2. The van der Waals surface area contributed by atoms with Gasteiger partial charge in [0.1, 0.15) is 0 Å². The maximum Gasteiger partial charge on any atom is 0.221 e. The summed E-state index contributed by atoms with van der Waals surface area (Å²) < 4.78 is 0. The molecule has 3 nitrogen and oxygen atoms in total. The van der Waals surface area contributed by atoms with Crippen molar-refractivity contribution in [1.29, 1.82) is 0 Å². The Balaban J connectivity index is 1.66. The smallest absolute Gasteiger partial charge is 0.221 e. The number of rotatable bonds is 3. The van der Waals surface area contributed by atoms with Crippen LogP contribution in [-0.2, 0) is 11.3 Å². The molecule has 1 amide bonds. The van der Waals surface area contributed by atoms with Crippen molar-refractivity contribution in [3.63, 3.8) is 0 Å². The van der Waals surface area contributed by atoms with Gasteiger partial charge in [0.25, 0.3) is 0 Å². The lowest BCUT2D eigenvalue weighted by molar-refractivity contribution is -0.120. The predicted octanol–water partition coefficient (Wildman–Crippen LogP) is 2.68. The van der Waals surface area contributed by atoms with Crippen LogP contribution in [0.1, 0.15) is 12.0 Å². The van der Waals surface area contributed by atoms with Crippen LogP contribution < -0.4 is 5.32 Å². The van der Waals surface area contributed by atoms with Crippen molar-refractivity contribution in [1.82, 2.24) is 10.2 Å². The maximum absolute atomic E-state index is 11.3.